The van der Waals surface area contributed by atoms with E-state index >= 15 is 0 Å². The van der Waals surface area contributed by atoms with Crippen molar-refractivity contribution >= 4 is 27.7 Å². The van der Waals surface area contributed by atoms with E-state index in [-0.39, 0.29) is 0 Å². The summed E-state index contributed by atoms with van der Waals surface area (Å²) in [5, 5.41) is 0. The average molecular weight is 277 g/mol. The third kappa shape index (κ3) is 3.70. The molecule has 0 aromatic carbocycles. The summed E-state index contributed by atoms with van der Waals surface area (Å²) in [4.78, 5) is 0. The molecule has 0 saturated heterocycles. The van der Waals surface area contributed by atoms with Crippen LogP contribution in [-0.4, -0.2) is 18.6 Å². The van der Waals surface area contributed by atoms with Gasteiger partial charge in [-0.2, -0.15) is 11.8 Å². The summed E-state index contributed by atoms with van der Waals surface area (Å²) in [6, 6.07) is 0. The molecule has 0 unspecified atom stereocenters. The fourth-order valence-electron chi connectivity index (χ4n) is 1.36. The Balaban J connectivity index is 2.34. The van der Waals surface area contributed by atoms with Crippen LogP contribution in [0.25, 0.3) is 0 Å². The van der Waals surface area contributed by atoms with Crippen LogP contribution in [0.1, 0.15) is 26.2 Å². The first kappa shape index (κ1) is 12.2. The van der Waals surface area contributed by atoms with Crippen LogP contribution >= 0.6 is 27.7 Å². The molecule has 0 N–H and O–H groups in total. The van der Waals surface area contributed by atoms with E-state index in [0.29, 0.717) is 0 Å². The highest BCUT2D eigenvalue weighted by molar-refractivity contribution is 9.11. The van der Waals surface area contributed by atoms with Crippen LogP contribution in [0, 0.1) is 0 Å². The molecule has 0 heterocycles. The standard InChI is InChI=1S/C11H17BrOS/c1-9-10(12)5-3-6-11(9)13-7-4-8-14-2/h6H,3-5,7-8H2,1-2H3. The maximum Gasteiger partial charge on any atom is 0.119 e. The molecule has 3 heteroatoms. The molecule has 0 amide bonds. The van der Waals surface area contributed by atoms with Crippen LogP contribution in [0.5, 0.6) is 0 Å². The second-order valence-corrected chi connectivity index (χ2v) is 5.27. The van der Waals surface area contributed by atoms with Crippen molar-refractivity contribution in [2.75, 3.05) is 18.6 Å². The van der Waals surface area contributed by atoms with Gasteiger partial charge in [-0.05, 0) is 44.3 Å². The highest BCUT2D eigenvalue weighted by Crippen LogP contribution is 2.29. The molecule has 1 aliphatic carbocycles. The summed E-state index contributed by atoms with van der Waals surface area (Å²) in [5.41, 5.74) is 1.26. The molecular formula is C11H17BrOS. The third-order valence-corrected chi connectivity index (χ3v) is 3.91. The maximum atomic E-state index is 5.73. The lowest BCUT2D eigenvalue weighted by atomic mass is 10.1. The highest BCUT2D eigenvalue weighted by Gasteiger charge is 2.10. The van der Waals surface area contributed by atoms with E-state index in [1.807, 2.05) is 11.8 Å². The summed E-state index contributed by atoms with van der Waals surface area (Å²) in [6.45, 7) is 2.95. The molecule has 0 aromatic rings. The predicted octanol–water partition coefficient (Wildman–Crippen LogP) is 4.10. The van der Waals surface area contributed by atoms with Gasteiger partial charge in [0, 0.05) is 10.1 Å². The van der Waals surface area contributed by atoms with E-state index in [9.17, 15) is 0 Å². The van der Waals surface area contributed by atoms with E-state index in [0.717, 1.165) is 31.6 Å². The molecule has 0 bridgehead atoms. The fourth-order valence-corrected chi connectivity index (χ4v) is 2.19. The van der Waals surface area contributed by atoms with Gasteiger partial charge in [0.15, 0.2) is 0 Å². The van der Waals surface area contributed by atoms with Gasteiger partial charge in [-0.3, -0.25) is 0 Å². The minimum atomic E-state index is 0.838. The fraction of sp³-hybridized carbons (Fsp3) is 0.636. The lowest BCUT2D eigenvalue weighted by Gasteiger charge is -2.16. The first-order chi connectivity index (χ1) is 6.75. The van der Waals surface area contributed by atoms with E-state index < -0.39 is 0 Å². The van der Waals surface area contributed by atoms with Crippen LogP contribution in [0.2, 0.25) is 0 Å². The monoisotopic (exact) mass is 276 g/mol. The number of hydrogen-bond acceptors (Lipinski definition) is 2. The molecule has 0 radical (unpaired) electrons. The van der Waals surface area contributed by atoms with Gasteiger partial charge in [-0.25, -0.2) is 0 Å². The summed E-state index contributed by atoms with van der Waals surface area (Å²) < 4.78 is 7.02. The highest BCUT2D eigenvalue weighted by atomic mass is 79.9. The second-order valence-electron chi connectivity index (χ2n) is 3.33. The number of halogens is 1. The normalized spacial score (nSPS) is 16.9. The minimum Gasteiger partial charge on any atom is -0.494 e. The number of hydrogen-bond donors (Lipinski definition) is 0. The van der Waals surface area contributed by atoms with E-state index in [2.05, 4.69) is 35.2 Å². The number of allylic oxidation sites excluding steroid dienone is 3. The quantitative estimate of drug-likeness (QED) is 0.700. The zero-order valence-corrected chi connectivity index (χ0v) is 11.2. The van der Waals surface area contributed by atoms with Gasteiger partial charge in [0.05, 0.1) is 6.61 Å². The Morgan fingerprint density at radius 2 is 2.36 bits per heavy atom. The maximum absolute atomic E-state index is 5.73. The number of rotatable bonds is 5. The molecule has 1 aliphatic rings. The Bertz CT molecular complexity index is 246. The van der Waals surface area contributed by atoms with Crippen LogP contribution in [0.15, 0.2) is 21.9 Å². The molecule has 0 atom stereocenters. The van der Waals surface area contributed by atoms with Gasteiger partial charge in [0.2, 0.25) is 0 Å². The molecule has 0 aliphatic heterocycles. The molecule has 14 heavy (non-hydrogen) atoms. The van der Waals surface area contributed by atoms with Gasteiger partial charge in [-0.15, -0.1) is 0 Å². The molecule has 80 valence electrons. The lowest BCUT2D eigenvalue weighted by molar-refractivity contribution is 0.219. The van der Waals surface area contributed by atoms with E-state index in [4.69, 9.17) is 4.74 Å². The van der Waals surface area contributed by atoms with Gasteiger partial charge >= 0.3 is 0 Å². The first-order valence-electron chi connectivity index (χ1n) is 4.93. The minimum absolute atomic E-state index is 0.838. The summed E-state index contributed by atoms with van der Waals surface area (Å²) >= 11 is 5.44. The topological polar surface area (TPSA) is 9.23 Å². The van der Waals surface area contributed by atoms with Crippen LogP contribution < -0.4 is 0 Å². The summed E-state index contributed by atoms with van der Waals surface area (Å²) in [6.07, 6.45) is 7.66. The molecule has 1 rings (SSSR count). The number of ether oxygens (including phenoxy) is 1. The summed E-state index contributed by atoms with van der Waals surface area (Å²) in [5.74, 6) is 2.25. The molecular weight excluding hydrogens is 260 g/mol. The van der Waals surface area contributed by atoms with E-state index in [1.54, 1.807) is 0 Å². The Hall–Kier alpha value is 0.110. The molecule has 0 aromatic heterocycles. The van der Waals surface area contributed by atoms with Gasteiger partial charge in [-0.1, -0.05) is 15.9 Å². The largest absolute Gasteiger partial charge is 0.494 e. The van der Waals surface area contributed by atoms with Gasteiger partial charge < -0.3 is 4.74 Å². The van der Waals surface area contributed by atoms with Gasteiger partial charge in [0.25, 0.3) is 0 Å². The van der Waals surface area contributed by atoms with Crippen LogP contribution in [-0.2, 0) is 4.74 Å². The predicted molar refractivity (Wildman–Crippen MR) is 67.9 cm³/mol. The first-order valence-corrected chi connectivity index (χ1v) is 7.12. The molecule has 0 spiro atoms. The average Bonchev–Trinajstić information content (AvgIpc) is 2.19. The zero-order valence-electron chi connectivity index (χ0n) is 8.81. The van der Waals surface area contributed by atoms with Crippen molar-refractivity contribution in [2.24, 2.45) is 0 Å². The van der Waals surface area contributed by atoms with Crippen molar-refractivity contribution < 1.29 is 4.74 Å². The molecule has 1 nitrogen and oxygen atoms in total. The number of thioether (sulfide) groups is 1. The Labute approximate surface area is 99.1 Å². The van der Waals surface area contributed by atoms with Crippen molar-refractivity contribution in [1.29, 1.82) is 0 Å². The Kier molecular flexibility index (Phi) is 5.71. The third-order valence-electron chi connectivity index (χ3n) is 2.22. The van der Waals surface area contributed by atoms with Crippen LogP contribution in [0.4, 0.5) is 0 Å². The van der Waals surface area contributed by atoms with Crippen molar-refractivity contribution in [2.45, 2.75) is 26.2 Å². The molecule has 0 saturated carbocycles. The second kappa shape index (κ2) is 6.57. The molecule has 0 fully saturated rings. The lowest BCUT2D eigenvalue weighted by Crippen LogP contribution is -2.02. The van der Waals surface area contributed by atoms with E-state index in [1.165, 1.54) is 15.8 Å². The Morgan fingerprint density at radius 3 is 3.07 bits per heavy atom. The van der Waals surface area contributed by atoms with Crippen molar-refractivity contribution in [3.63, 3.8) is 0 Å². The summed E-state index contributed by atoms with van der Waals surface area (Å²) in [7, 11) is 0. The van der Waals surface area contributed by atoms with Crippen LogP contribution in [0.3, 0.4) is 0 Å². The van der Waals surface area contributed by atoms with Gasteiger partial charge in [0.1, 0.15) is 5.76 Å². The SMILES string of the molecule is CSCCCOC1=CCCC(Br)=C1C. The van der Waals surface area contributed by atoms with Crippen molar-refractivity contribution in [3.05, 3.63) is 21.9 Å². The van der Waals surface area contributed by atoms with Crippen molar-refractivity contribution in [1.82, 2.24) is 0 Å². The van der Waals surface area contributed by atoms with Crippen molar-refractivity contribution in [3.8, 4) is 0 Å². The zero-order chi connectivity index (χ0) is 10.4. The Morgan fingerprint density at radius 1 is 1.57 bits per heavy atom. The smallest absolute Gasteiger partial charge is 0.119 e.